The van der Waals surface area contributed by atoms with E-state index in [0.717, 1.165) is 12.4 Å². The molecule has 1 fully saturated rings. The Morgan fingerprint density at radius 3 is 2.87 bits per heavy atom. The fourth-order valence-electron chi connectivity index (χ4n) is 2.60. The lowest BCUT2D eigenvalue weighted by molar-refractivity contribution is 0.0626. The predicted molar refractivity (Wildman–Crippen MR) is 89.9 cm³/mol. The van der Waals surface area contributed by atoms with Crippen LogP contribution in [-0.2, 0) is 7.05 Å². The molecule has 2 aromatic heterocycles. The monoisotopic (exact) mass is 355 g/mol. The van der Waals surface area contributed by atoms with Crippen LogP contribution < -0.4 is 11.1 Å². The number of carbonyl (C=O) groups excluding carboxylic acids is 2. The van der Waals surface area contributed by atoms with Gasteiger partial charge in [-0.25, -0.2) is 4.98 Å². The van der Waals surface area contributed by atoms with E-state index in [4.69, 9.17) is 5.73 Å². The minimum Gasteiger partial charge on any atom is -0.366 e. The summed E-state index contributed by atoms with van der Waals surface area (Å²) >= 11 is 1.24. The molecule has 1 aliphatic heterocycles. The van der Waals surface area contributed by atoms with Gasteiger partial charge in [-0.2, -0.15) is 0 Å². The second kappa shape index (κ2) is 7.12. The van der Waals surface area contributed by atoms with Gasteiger partial charge in [0.15, 0.2) is 0 Å². The van der Waals surface area contributed by atoms with Gasteiger partial charge in [0.05, 0.1) is 10.4 Å². The minimum absolute atomic E-state index is 0. The van der Waals surface area contributed by atoms with Crippen LogP contribution in [-0.4, -0.2) is 45.9 Å². The van der Waals surface area contributed by atoms with E-state index in [-0.39, 0.29) is 24.4 Å². The van der Waals surface area contributed by atoms with Gasteiger partial charge in [0.25, 0.3) is 5.91 Å². The third kappa shape index (κ3) is 3.39. The number of hydrogen-bond donors (Lipinski definition) is 2. The number of nitrogens with one attached hydrogen (secondary N) is 1. The van der Waals surface area contributed by atoms with Crippen LogP contribution in [0.15, 0.2) is 23.8 Å². The third-order valence-electron chi connectivity index (χ3n) is 3.76. The van der Waals surface area contributed by atoms with Gasteiger partial charge in [0.1, 0.15) is 11.9 Å². The maximum Gasteiger partial charge on any atom is 0.264 e. The van der Waals surface area contributed by atoms with Crippen LogP contribution in [0.2, 0.25) is 0 Å². The lowest BCUT2D eigenvalue weighted by atomic mass is 10.1. The number of halogens is 1. The lowest BCUT2D eigenvalue weighted by Crippen LogP contribution is -2.49. The highest BCUT2D eigenvalue weighted by Crippen LogP contribution is 2.25. The molecule has 3 rings (SSSR count). The molecule has 0 spiro atoms. The Hall–Kier alpha value is -1.90. The van der Waals surface area contributed by atoms with E-state index in [1.807, 2.05) is 17.8 Å². The summed E-state index contributed by atoms with van der Waals surface area (Å²) in [5.74, 6) is 0.232. The molecule has 0 aliphatic carbocycles. The summed E-state index contributed by atoms with van der Waals surface area (Å²) in [7, 11) is 1.91. The first-order chi connectivity index (χ1) is 10.6. The zero-order valence-electron chi connectivity index (χ0n) is 12.6. The number of amides is 2. The number of rotatable bonds is 3. The number of carbonyl (C=O) groups is 2. The number of nitrogens with zero attached hydrogens (tertiary/aromatic N) is 3. The molecule has 23 heavy (non-hydrogen) atoms. The van der Waals surface area contributed by atoms with E-state index in [0.29, 0.717) is 23.5 Å². The number of primary amides is 1. The summed E-state index contributed by atoms with van der Waals surface area (Å²) in [5, 5.41) is 4.91. The number of imidazole rings is 1. The molecular formula is C14H18ClN5O2S. The van der Waals surface area contributed by atoms with Gasteiger partial charge in [-0.05, 0) is 6.07 Å². The Kier molecular flexibility index (Phi) is 5.40. The number of piperazine rings is 1. The van der Waals surface area contributed by atoms with Crippen molar-refractivity contribution >= 4 is 35.6 Å². The van der Waals surface area contributed by atoms with E-state index in [9.17, 15) is 9.59 Å². The first-order valence-corrected chi connectivity index (χ1v) is 7.83. The van der Waals surface area contributed by atoms with Gasteiger partial charge in [-0.1, -0.05) is 0 Å². The summed E-state index contributed by atoms with van der Waals surface area (Å²) in [6.45, 7) is 1.99. The predicted octanol–water partition coefficient (Wildman–Crippen LogP) is 0.789. The molecule has 0 bridgehead atoms. The molecule has 7 nitrogen and oxygen atoms in total. The van der Waals surface area contributed by atoms with Crippen molar-refractivity contribution in [2.45, 2.75) is 6.04 Å². The van der Waals surface area contributed by atoms with Crippen LogP contribution in [0.3, 0.4) is 0 Å². The SMILES string of the molecule is Cl.Cn1ccnc1C1CNCCN1C(=O)c1cc(C(N)=O)cs1. The van der Waals surface area contributed by atoms with Gasteiger partial charge in [0.2, 0.25) is 5.91 Å². The van der Waals surface area contributed by atoms with Crippen molar-refractivity contribution < 1.29 is 9.59 Å². The normalized spacial score (nSPS) is 17.6. The number of thiophene rings is 1. The van der Waals surface area contributed by atoms with Crippen molar-refractivity contribution in [3.8, 4) is 0 Å². The number of aromatic nitrogens is 2. The van der Waals surface area contributed by atoms with E-state index >= 15 is 0 Å². The van der Waals surface area contributed by atoms with Crippen molar-refractivity contribution in [2.75, 3.05) is 19.6 Å². The van der Waals surface area contributed by atoms with Crippen molar-refractivity contribution in [1.82, 2.24) is 19.8 Å². The molecule has 2 aromatic rings. The maximum atomic E-state index is 12.8. The second-order valence-corrected chi connectivity index (χ2v) is 6.09. The first kappa shape index (κ1) is 17.5. The summed E-state index contributed by atoms with van der Waals surface area (Å²) in [5.41, 5.74) is 5.62. The van der Waals surface area contributed by atoms with Crippen LogP contribution in [0, 0.1) is 0 Å². The number of nitrogens with two attached hydrogens (primary N) is 1. The summed E-state index contributed by atoms with van der Waals surface area (Å²) in [4.78, 5) is 30.6. The van der Waals surface area contributed by atoms with Crippen LogP contribution in [0.1, 0.15) is 31.9 Å². The largest absolute Gasteiger partial charge is 0.366 e. The van der Waals surface area contributed by atoms with Crippen LogP contribution >= 0.6 is 23.7 Å². The maximum absolute atomic E-state index is 12.8. The van der Waals surface area contributed by atoms with Gasteiger partial charge in [-0.3, -0.25) is 9.59 Å². The van der Waals surface area contributed by atoms with E-state index < -0.39 is 5.91 Å². The van der Waals surface area contributed by atoms with E-state index in [2.05, 4.69) is 10.3 Å². The van der Waals surface area contributed by atoms with Gasteiger partial charge in [-0.15, -0.1) is 23.7 Å². The molecule has 0 aromatic carbocycles. The molecular weight excluding hydrogens is 338 g/mol. The Morgan fingerprint density at radius 1 is 1.48 bits per heavy atom. The summed E-state index contributed by atoms with van der Waals surface area (Å²) < 4.78 is 1.92. The Morgan fingerprint density at radius 2 is 2.26 bits per heavy atom. The van der Waals surface area contributed by atoms with Crippen LogP contribution in [0.5, 0.6) is 0 Å². The smallest absolute Gasteiger partial charge is 0.264 e. The van der Waals surface area contributed by atoms with Crippen molar-refractivity contribution in [1.29, 1.82) is 0 Å². The highest BCUT2D eigenvalue weighted by atomic mass is 35.5. The van der Waals surface area contributed by atoms with Crippen LogP contribution in [0.4, 0.5) is 0 Å². The molecule has 124 valence electrons. The Labute approximate surface area is 143 Å². The molecule has 1 atom stereocenters. The zero-order valence-corrected chi connectivity index (χ0v) is 14.2. The fourth-order valence-corrected chi connectivity index (χ4v) is 3.45. The third-order valence-corrected chi connectivity index (χ3v) is 4.67. The highest BCUT2D eigenvalue weighted by molar-refractivity contribution is 7.12. The molecule has 9 heteroatoms. The summed E-state index contributed by atoms with van der Waals surface area (Å²) in [6.07, 6.45) is 3.59. The average molecular weight is 356 g/mol. The van der Waals surface area contributed by atoms with Gasteiger partial charge >= 0.3 is 0 Å². The van der Waals surface area contributed by atoms with Crippen LogP contribution in [0.25, 0.3) is 0 Å². The number of hydrogen-bond acceptors (Lipinski definition) is 5. The molecule has 0 saturated carbocycles. The Bertz CT molecular complexity index is 714. The molecule has 1 saturated heterocycles. The quantitative estimate of drug-likeness (QED) is 0.851. The molecule has 1 aliphatic rings. The molecule has 2 amide bonds. The van der Waals surface area contributed by atoms with Crippen molar-refractivity contribution in [3.05, 3.63) is 40.1 Å². The molecule has 3 N–H and O–H groups in total. The first-order valence-electron chi connectivity index (χ1n) is 6.95. The van der Waals surface area contributed by atoms with Gasteiger partial charge in [0, 0.05) is 44.5 Å². The van der Waals surface area contributed by atoms with E-state index in [1.54, 1.807) is 22.5 Å². The molecule has 3 heterocycles. The van der Waals surface area contributed by atoms with Crippen molar-refractivity contribution in [2.24, 2.45) is 12.8 Å². The minimum atomic E-state index is -0.517. The average Bonchev–Trinajstić information content (AvgIpc) is 3.15. The second-order valence-electron chi connectivity index (χ2n) is 5.18. The topological polar surface area (TPSA) is 93.2 Å². The highest BCUT2D eigenvalue weighted by Gasteiger charge is 2.31. The van der Waals surface area contributed by atoms with Gasteiger partial charge < -0.3 is 20.5 Å². The standard InChI is InChI=1S/C14H17N5O2S.ClH/c1-18-4-3-17-13(18)10-7-16-2-5-19(10)14(21)11-6-9(8-22-11)12(15)20;/h3-4,6,8,10,16H,2,5,7H2,1H3,(H2,15,20);1H. The van der Waals surface area contributed by atoms with Crippen molar-refractivity contribution in [3.63, 3.8) is 0 Å². The lowest BCUT2D eigenvalue weighted by Gasteiger charge is -2.35. The molecule has 0 radical (unpaired) electrons. The Balaban J connectivity index is 0.00000192. The fraction of sp³-hybridized carbons (Fsp3) is 0.357. The zero-order chi connectivity index (χ0) is 15.7. The number of aryl methyl sites for hydroxylation is 1. The summed E-state index contributed by atoms with van der Waals surface area (Å²) in [6, 6.07) is 1.44. The van der Waals surface area contributed by atoms with E-state index in [1.165, 1.54) is 11.3 Å². The molecule has 1 unspecified atom stereocenters.